The van der Waals surface area contributed by atoms with Crippen LogP contribution in [0.3, 0.4) is 0 Å². The first-order chi connectivity index (χ1) is 12.2. The molecule has 6 nitrogen and oxygen atoms in total. The van der Waals surface area contributed by atoms with Gasteiger partial charge in [-0.15, -0.1) is 11.3 Å². The summed E-state index contributed by atoms with van der Waals surface area (Å²) in [6.45, 7) is 3.50. The lowest BCUT2D eigenvalue weighted by molar-refractivity contribution is -0.116. The quantitative estimate of drug-likeness (QED) is 0.567. The number of nitrogens with one attached hydrogen (secondary N) is 3. The van der Waals surface area contributed by atoms with Crippen LogP contribution in [0.4, 0.5) is 5.69 Å². The maximum Gasteiger partial charge on any atom is 0.225 e. The topological polar surface area (TPSA) is 78.4 Å². The minimum Gasteiger partial charge on any atom is -0.356 e. The zero-order valence-corrected chi connectivity index (χ0v) is 15.3. The van der Waals surface area contributed by atoms with E-state index >= 15 is 0 Å². The standard InChI is InChI=1S/C18H23N5OS/c1-12-10-21-17(25-12)7-8-20-18(19-2)22-11-13-9-16(24)23-15-6-4-3-5-14(13)15/h3-6,10,13H,7-9,11H2,1-2H3,(H,23,24)(H2,19,20,22). The Morgan fingerprint density at radius 2 is 2.24 bits per heavy atom. The number of aryl methyl sites for hydroxylation is 1. The molecule has 1 aliphatic heterocycles. The zero-order valence-electron chi connectivity index (χ0n) is 14.5. The lowest BCUT2D eigenvalue weighted by atomic mass is 9.90. The molecule has 25 heavy (non-hydrogen) atoms. The van der Waals surface area contributed by atoms with E-state index in [0.29, 0.717) is 13.0 Å². The molecule has 0 spiro atoms. The summed E-state index contributed by atoms with van der Waals surface area (Å²) in [6, 6.07) is 7.96. The van der Waals surface area contributed by atoms with Gasteiger partial charge in [-0.3, -0.25) is 9.79 Å². The van der Waals surface area contributed by atoms with Crippen LogP contribution in [0.5, 0.6) is 0 Å². The van der Waals surface area contributed by atoms with E-state index in [-0.39, 0.29) is 11.8 Å². The molecule has 132 valence electrons. The Labute approximate surface area is 151 Å². The molecule has 2 heterocycles. The van der Waals surface area contributed by atoms with E-state index in [9.17, 15) is 4.79 Å². The molecule has 1 aromatic carbocycles. The monoisotopic (exact) mass is 357 g/mol. The summed E-state index contributed by atoms with van der Waals surface area (Å²) in [7, 11) is 1.75. The molecule has 1 amide bonds. The molecule has 2 aromatic rings. The van der Waals surface area contributed by atoms with Gasteiger partial charge in [-0.05, 0) is 18.6 Å². The fourth-order valence-electron chi connectivity index (χ4n) is 2.93. The van der Waals surface area contributed by atoms with Gasteiger partial charge in [0.1, 0.15) is 0 Å². The number of aliphatic imine (C=N–C) groups is 1. The molecule has 7 heteroatoms. The van der Waals surface area contributed by atoms with Crippen LogP contribution in [0.25, 0.3) is 0 Å². The summed E-state index contributed by atoms with van der Waals surface area (Å²) in [5.74, 6) is 0.953. The van der Waals surface area contributed by atoms with Crippen LogP contribution in [0.1, 0.15) is 27.8 Å². The Balaban J connectivity index is 1.52. The number of nitrogens with zero attached hydrogens (tertiary/aromatic N) is 2. The third-order valence-corrected chi connectivity index (χ3v) is 5.12. The molecule has 1 unspecified atom stereocenters. The van der Waals surface area contributed by atoms with Gasteiger partial charge in [-0.1, -0.05) is 18.2 Å². The molecule has 0 saturated heterocycles. The Kier molecular flexibility index (Phi) is 5.65. The van der Waals surface area contributed by atoms with Crippen LogP contribution in [0.2, 0.25) is 0 Å². The lowest BCUT2D eigenvalue weighted by Gasteiger charge is -2.26. The van der Waals surface area contributed by atoms with Gasteiger partial charge >= 0.3 is 0 Å². The highest BCUT2D eigenvalue weighted by atomic mass is 32.1. The van der Waals surface area contributed by atoms with Crippen molar-refractivity contribution in [2.24, 2.45) is 4.99 Å². The molecule has 1 aliphatic rings. The van der Waals surface area contributed by atoms with Gasteiger partial charge in [-0.25, -0.2) is 4.98 Å². The average molecular weight is 357 g/mol. The van der Waals surface area contributed by atoms with Crippen molar-refractivity contribution in [1.29, 1.82) is 0 Å². The van der Waals surface area contributed by atoms with E-state index in [1.807, 2.05) is 24.4 Å². The van der Waals surface area contributed by atoms with Crippen molar-refractivity contribution in [3.63, 3.8) is 0 Å². The molecule has 3 N–H and O–H groups in total. The number of amides is 1. The number of para-hydroxylation sites is 1. The summed E-state index contributed by atoms with van der Waals surface area (Å²) in [5, 5.41) is 10.7. The van der Waals surface area contributed by atoms with Crippen molar-refractivity contribution in [1.82, 2.24) is 15.6 Å². The maximum absolute atomic E-state index is 11.9. The SMILES string of the molecule is CN=C(NCCc1ncc(C)s1)NCC1CC(=O)Nc2ccccc21. The smallest absolute Gasteiger partial charge is 0.225 e. The first-order valence-electron chi connectivity index (χ1n) is 8.40. The lowest BCUT2D eigenvalue weighted by Crippen LogP contribution is -2.41. The van der Waals surface area contributed by atoms with Crippen LogP contribution in [0, 0.1) is 6.92 Å². The average Bonchev–Trinajstić information content (AvgIpc) is 3.02. The molecule has 0 saturated carbocycles. The molecular weight excluding hydrogens is 334 g/mol. The van der Waals surface area contributed by atoms with Gasteiger partial charge in [0.2, 0.25) is 5.91 Å². The van der Waals surface area contributed by atoms with Crippen molar-refractivity contribution < 1.29 is 4.79 Å². The van der Waals surface area contributed by atoms with Crippen LogP contribution < -0.4 is 16.0 Å². The summed E-state index contributed by atoms with van der Waals surface area (Å²) in [6.07, 6.45) is 3.26. The number of hydrogen-bond acceptors (Lipinski definition) is 4. The first-order valence-corrected chi connectivity index (χ1v) is 9.22. The second-order valence-corrected chi connectivity index (χ2v) is 7.35. The van der Waals surface area contributed by atoms with Gasteiger partial charge < -0.3 is 16.0 Å². The van der Waals surface area contributed by atoms with Gasteiger partial charge in [-0.2, -0.15) is 0 Å². The van der Waals surface area contributed by atoms with Gasteiger partial charge in [0.25, 0.3) is 0 Å². The molecular formula is C18H23N5OS. The highest BCUT2D eigenvalue weighted by molar-refractivity contribution is 7.11. The van der Waals surface area contributed by atoms with E-state index in [0.717, 1.165) is 29.6 Å². The number of rotatable bonds is 5. The van der Waals surface area contributed by atoms with Crippen molar-refractivity contribution in [2.45, 2.75) is 25.7 Å². The Hall–Kier alpha value is -2.41. The summed E-state index contributed by atoms with van der Waals surface area (Å²) in [5.41, 5.74) is 2.08. The number of thiazole rings is 1. The van der Waals surface area contributed by atoms with E-state index in [4.69, 9.17) is 0 Å². The largest absolute Gasteiger partial charge is 0.356 e. The predicted octanol–water partition coefficient (Wildman–Crippen LogP) is 2.29. The number of anilines is 1. The Morgan fingerprint density at radius 1 is 1.40 bits per heavy atom. The molecule has 1 atom stereocenters. The third kappa shape index (κ3) is 4.57. The minimum atomic E-state index is 0.0626. The van der Waals surface area contributed by atoms with Crippen LogP contribution >= 0.6 is 11.3 Å². The van der Waals surface area contributed by atoms with Crippen molar-refractivity contribution >= 4 is 28.9 Å². The highest BCUT2D eigenvalue weighted by Crippen LogP contribution is 2.31. The van der Waals surface area contributed by atoms with E-state index in [2.05, 4.69) is 38.9 Å². The number of carbonyl (C=O) groups is 1. The Morgan fingerprint density at radius 3 is 3.00 bits per heavy atom. The number of benzene rings is 1. The van der Waals surface area contributed by atoms with Crippen molar-refractivity contribution in [3.05, 3.63) is 45.9 Å². The molecule has 3 rings (SSSR count). The fraction of sp³-hybridized carbons (Fsp3) is 0.389. The molecule has 0 bridgehead atoms. The number of fused-ring (bicyclic) bond motifs is 1. The van der Waals surface area contributed by atoms with E-state index in [1.54, 1.807) is 18.4 Å². The van der Waals surface area contributed by atoms with E-state index < -0.39 is 0 Å². The van der Waals surface area contributed by atoms with Crippen LogP contribution in [0.15, 0.2) is 35.5 Å². The summed E-state index contributed by atoms with van der Waals surface area (Å²) in [4.78, 5) is 21.7. The summed E-state index contributed by atoms with van der Waals surface area (Å²) >= 11 is 1.72. The second-order valence-electron chi connectivity index (χ2n) is 6.03. The van der Waals surface area contributed by atoms with E-state index in [1.165, 1.54) is 10.4 Å². The first kappa shape index (κ1) is 17.4. The van der Waals surface area contributed by atoms with Crippen LogP contribution in [-0.2, 0) is 11.2 Å². The van der Waals surface area contributed by atoms with Crippen molar-refractivity contribution in [3.8, 4) is 0 Å². The number of guanidine groups is 1. The van der Waals surface area contributed by atoms with Crippen molar-refractivity contribution in [2.75, 3.05) is 25.5 Å². The maximum atomic E-state index is 11.9. The zero-order chi connectivity index (χ0) is 17.6. The molecule has 0 fully saturated rings. The molecule has 0 radical (unpaired) electrons. The highest BCUT2D eigenvalue weighted by Gasteiger charge is 2.24. The van der Waals surface area contributed by atoms with Gasteiger partial charge in [0.15, 0.2) is 5.96 Å². The third-order valence-electron chi connectivity index (χ3n) is 4.15. The van der Waals surface area contributed by atoms with Gasteiger partial charge in [0.05, 0.1) is 5.01 Å². The minimum absolute atomic E-state index is 0.0626. The van der Waals surface area contributed by atoms with Crippen LogP contribution in [-0.4, -0.2) is 37.0 Å². The second kappa shape index (κ2) is 8.11. The van der Waals surface area contributed by atoms with Gasteiger partial charge in [0, 0.05) is 55.7 Å². The number of hydrogen-bond donors (Lipinski definition) is 3. The molecule has 0 aliphatic carbocycles. The Bertz CT molecular complexity index is 770. The normalized spacial score (nSPS) is 17.0. The fourth-order valence-corrected chi connectivity index (χ4v) is 3.72. The number of carbonyl (C=O) groups excluding carboxylic acids is 1. The summed E-state index contributed by atoms with van der Waals surface area (Å²) < 4.78 is 0. The molecule has 1 aromatic heterocycles. The number of aromatic nitrogens is 1. The predicted molar refractivity (Wildman–Crippen MR) is 102 cm³/mol.